The zero-order valence-corrected chi connectivity index (χ0v) is 18.4. The Kier molecular flexibility index (Phi) is 5.12. The molecular formula is C20H21F3N7O2S+. The molecule has 33 heavy (non-hydrogen) atoms. The highest BCUT2D eigenvalue weighted by molar-refractivity contribution is 7.18. The molecule has 13 heteroatoms. The number of carbonyl (C=O) groups is 1. The topological polar surface area (TPSA) is 97.0 Å². The standard InChI is InChI=1S/C20H20F3N7O2S/c1-30(19-24-6-16(33-19)18-25-27-29(26-18)9-17(31)32)10-12-7-28(8-13(12)11-30)15-4-2-3-14(5-15)20(21,22)23/h2-6,12-13H,7-11H2,1H3/p+1. The zero-order chi connectivity index (χ0) is 23.4. The maximum atomic E-state index is 13.1. The second-order valence-electron chi connectivity index (χ2n) is 8.78. The van der Waals surface area contributed by atoms with Crippen LogP contribution < -0.4 is 9.38 Å². The summed E-state index contributed by atoms with van der Waals surface area (Å²) < 4.78 is 39.9. The number of halogens is 3. The van der Waals surface area contributed by atoms with Gasteiger partial charge in [0.1, 0.15) is 4.88 Å². The van der Waals surface area contributed by atoms with Gasteiger partial charge in [-0.25, -0.2) is 0 Å². The number of hydrogen-bond acceptors (Lipinski definition) is 7. The minimum absolute atomic E-state index is 0.335. The third kappa shape index (κ3) is 4.17. The summed E-state index contributed by atoms with van der Waals surface area (Å²) in [5, 5.41) is 21.5. The first kappa shape index (κ1) is 21.8. The average Bonchev–Trinajstić information content (AvgIpc) is 3.49. The van der Waals surface area contributed by atoms with Crippen molar-refractivity contribution in [1.82, 2.24) is 29.7 Å². The number of likely N-dealkylation sites (tertiary alicyclic amines) is 1. The molecule has 1 N–H and O–H groups in total. The van der Waals surface area contributed by atoms with E-state index in [1.54, 1.807) is 12.3 Å². The predicted octanol–water partition coefficient (Wildman–Crippen LogP) is 2.60. The molecule has 4 heterocycles. The van der Waals surface area contributed by atoms with Crippen LogP contribution in [-0.4, -0.2) is 69.5 Å². The fourth-order valence-electron chi connectivity index (χ4n) is 4.86. The third-order valence-corrected chi connectivity index (χ3v) is 7.53. The van der Waals surface area contributed by atoms with E-state index < -0.39 is 17.7 Å². The van der Waals surface area contributed by atoms with Gasteiger partial charge in [0, 0.05) is 30.6 Å². The van der Waals surface area contributed by atoms with E-state index in [2.05, 4.69) is 27.4 Å². The number of hydrogen-bond donors (Lipinski definition) is 1. The summed E-state index contributed by atoms with van der Waals surface area (Å²) in [6.07, 6.45) is -2.67. The lowest BCUT2D eigenvalue weighted by molar-refractivity contribution is -0.138. The van der Waals surface area contributed by atoms with Gasteiger partial charge in [0.2, 0.25) is 5.82 Å². The van der Waals surface area contributed by atoms with Crippen LogP contribution in [0.25, 0.3) is 10.7 Å². The molecule has 2 saturated heterocycles. The van der Waals surface area contributed by atoms with Crippen molar-refractivity contribution in [3.63, 3.8) is 0 Å². The lowest BCUT2D eigenvalue weighted by atomic mass is 10.0. The normalized spacial score (nSPS) is 24.9. The number of benzene rings is 1. The molecule has 174 valence electrons. The summed E-state index contributed by atoms with van der Waals surface area (Å²) in [5.41, 5.74) is -0.0117. The second-order valence-corrected chi connectivity index (χ2v) is 9.79. The van der Waals surface area contributed by atoms with Gasteiger partial charge in [0.05, 0.1) is 31.9 Å². The molecule has 2 aliphatic rings. The van der Waals surface area contributed by atoms with E-state index in [-0.39, 0.29) is 6.54 Å². The van der Waals surface area contributed by atoms with Gasteiger partial charge in [-0.3, -0.25) is 9.28 Å². The molecular weight excluding hydrogens is 459 g/mol. The van der Waals surface area contributed by atoms with Crippen molar-refractivity contribution in [3.05, 3.63) is 36.0 Å². The highest BCUT2D eigenvalue weighted by atomic mass is 32.1. The number of anilines is 1. The molecule has 0 amide bonds. The van der Waals surface area contributed by atoms with Crippen LogP contribution in [-0.2, 0) is 17.5 Å². The molecule has 0 spiro atoms. The van der Waals surface area contributed by atoms with E-state index in [0.29, 0.717) is 45.8 Å². The fraction of sp³-hybridized carbons (Fsp3) is 0.450. The lowest BCUT2D eigenvalue weighted by Gasteiger charge is -2.29. The lowest BCUT2D eigenvalue weighted by Crippen LogP contribution is -2.45. The molecule has 2 unspecified atom stereocenters. The van der Waals surface area contributed by atoms with Gasteiger partial charge >= 0.3 is 12.1 Å². The number of fused-ring (bicyclic) bond motifs is 1. The van der Waals surface area contributed by atoms with Crippen molar-refractivity contribution in [3.8, 4) is 10.7 Å². The number of carboxylic acid groups (broad SMARTS) is 1. The van der Waals surface area contributed by atoms with Crippen LogP contribution in [0.1, 0.15) is 5.56 Å². The van der Waals surface area contributed by atoms with E-state index in [1.165, 1.54) is 23.5 Å². The molecule has 2 aromatic heterocycles. The van der Waals surface area contributed by atoms with E-state index >= 15 is 0 Å². The van der Waals surface area contributed by atoms with Crippen LogP contribution in [0.5, 0.6) is 0 Å². The Hall–Kier alpha value is -3.06. The number of aliphatic carboxylic acids is 1. The van der Waals surface area contributed by atoms with Gasteiger partial charge in [0.25, 0.3) is 5.13 Å². The average molecular weight is 480 g/mol. The van der Waals surface area contributed by atoms with Crippen molar-refractivity contribution in [1.29, 1.82) is 0 Å². The number of thiazole rings is 1. The monoisotopic (exact) mass is 480 g/mol. The SMILES string of the molecule is C[N+]1(c2ncc(-c3nnn(CC(=O)O)n3)s2)CC2CN(c3cccc(C(F)(F)F)c3)CC2C1. The van der Waals surface area contributed by atoms with Gasteiger partial charge in [-0.05, 0) is 23.4 Å². The molecule has 2 fully saturated rings. The van der Waals surface area contributed by atoms with E-state index in [9.17, 15) is 18.0 Å². The number of nitrogens with zero attached hydrogens (tertiary/aromatic N) is 7. The van der Waals surface area contributed by atoms with Gasteiger partial charge in [-0.2, -0.15) is 23.0 Å². The van der Waals surface area contributed by atoms with E-state index in [0.717, 1.165) is 29.1 Å². The Morgan fingerprint density at radius 1 is 1.27 bits per heavy atom. The second kappa shape index (κ2) is 7.76. The molecule has 0 saturated carbocycles. The summed E-state index contributed by atoms with van der Waals surface area (Å²) in [4.78, 5) is 19.2. The first-order chi connectivity index (χ1) is 15.6. The number of rotatable bonds is 5. The van der Waals surface area contributed by atoms with Crippen molar-refractivity contribution < 1.29 is 23.1 Å². The minimum Gasteiger partial charge on any atom is -0.480 e. The van der Waals surface area contributed by atoms with E-state index in [1.807, 2.05) is 4.90 Å². The first-order valence-corrected chi connectivity index (χ1v) is 11.2. The summed E-state index contributed by atoms with van der Waals surface area (Å²) >= 11 is 1.45. The predicted molar refractivity (Wildman–Crippen MR) is 115 cm³/mol. The largest absolute Gasteiger partial charge is 0.480 e. The Morgan fingerprint density at radius 3 is 2.67 bits per heavy atom. The number of tetrazole rings is 1. The van der Waals surface area contributed by atoms with Gasteiger partial charge < -0.3 is 10.0 Å². The maximum absolute atomic E-state index is 13.1. The van der Waals surface area contributed by atoms with Gasteiger partial charge in [-0.1, -0.05) is 17.4 Å². The summed E-state index contributed by atoms with van der Waals surface area (Å²) in [6, 6.07) is 5.53. The van der Waals surface area contributed by atoms with Crippen molar-refractivity contribution in [2.45, 2.75) is 12.7 Å². The molecule has 0 radical (unpaired) electrons. The Balaban J connectivity index is 1.28. The molecule has 5 rings (SSSR count). The molecule has 2 atom stereocenters. The van der Waals surface area contributed by atoms with E-state index in [4.69, 9.17) is 5.11 Å². The molecule has 1 aromatic carbocycles. The van der Waals surface area contributed by atoms with Crippen molar-refractivity contribution >= 4 is 28.1 Å². The summed E-state index contributed by atoms with van der Waals surface area (Å²) in [6.45, 7) is 2.74. The summed E-state index contributed by atoms with van der Waals surface area (Å²) in [7, 11) is 2.12. The molecule has 2 aliphatic heterocycles. The number of quaternary nitrogens is 1. The summed E-state index contributed by atoms with van der Waals surface area (Å²) in [5.74, 6) is -0.00979. The van der Waals surface area contributed by atoms with Gasteiger partial charge in [0.15, 0.2) is 6.54 Å². The third-order valence-electron chi connectivity index (χ3n) is 6.30. The van der Waals surface area contributed by atoms with Crippen LogP contribution in [0, 0.1) is 11.8 Å². The number of alkyl halides is 3. The molecule has 3 aromatic rings. The highest BCUT2D eigenvalue weighted by Crippen LogP contribution is 2.42. The molecule has 0 aliphatic carbocycles. The number of carboxylic acids is 1. The molecule has 0 bridgehead atoms. The van der Waals surface area contributed by atoms with Crippen LogP contribution in [0.3, 0.4) is 0 Å². The van der Waals surface area contributed by atoms with Crippen molar-refractivity contribution in [2.24, 2.45) is 11.8 Å². The van der Waals surface area contributed by atoms with Crippen molar-refractivity contribution in [2.75, 3.05) is 38.1 Å². The van der Waals surface area contributed by atoms with Crippen LogP contribution in [0.4, 0.5) is 24.0 Å². The van der Waals surface area contributed by atoms with Crippen LogP contribution >= 0.6 is 11.3 Å². The maximum Gasteiger partial charge on any atom is 0.416 e. The van der Waals surface area contributed by atoms with Gasteiger partial charge in [-0.15, -0.1) is 10.2 Å². The highest BCUT2D eigenvalue weighted by Gasteiger charge is 2.50. The van der Waals surface area contributed by atoms with Crippen LogP contribution in [0.2, 0.25) is 0 Å². The first-order valence-electron chi connectivity index (χ1n) is 10.3. The smallest absolute Gasteiger partial charge is 0.416 e. The fourth-order valence-corrected chi connectivity index (χ4v) is 5.81. The molecule has 9 nitrogen and oxygen atoms in total. The minimum atomic E-state index is -4.35. The zero-order valence-electron chi connectivity index (χ0n) is 17.6. The Labute approximate surface area is 190 Å². The quantitative estimate of drug-likeness (QED) is 0.561. The number of aromatic nitrogens is 5. The Bertz CT molecular complexity index is 1180. The van der Waals surface area contributed by atoms with Crippen LogP contribution in [0.15, 0.2) is 30.5 Å². The Morgan fingerprint density at radius 2 is 2.00 bits per heavy atom.